The molecule has 3 heterocycles. The van der Waals surface area contributed by atoms with E-state index < -0.39 is 0 Å². The number of aromatic nitrogens is 2. The molecule has 2 aliphatic rings. The van der Waals surface area contributed by atoms with Crippen LogP contribution in [-0.4, -0.2) is 52.5 Å². The summed E-state index contributed by atoms with van der Waals surface area (Å²) < 4.78 is 7.37. The quantitative estimate of drug-likeness (QED) is 0.698. The highest BCUT2D eigenvalue weighted by Gasteiger charge is 2.19. The molecule has 2 aliphatic heterocycles. The lowest BCUT2D eigenvalue weighted by molar-refractivity contribution is -0.127. The van der Waals surface area contributed by atoms with E-state index in [4.69, 9.17) is 4.74 Å². The standard InChI is InChI=1S/C22H28N4O4/c27-20(23-10-5-12-25-11-4-7-21(25)28)15-30-16-8-9-18-17(14-16)22(29)26-13-3-1-2-6-19(26)24-18/h8-9,14H,1-7,10-13,15H2,(H,23,27). The maximum absolute atomic E-state index is 12.9. The van der Waals surface area contributed by atoms with Gasteiger partial charge in [-0.15, -0.1) is 0 Å². The molecule has 30 heavy (non-hydrogen) atoms. The summed E-state index contributed by atoms with van der Waals surface area (Å²) in [6, 6.07) is 5.20. The minimum Gasteiger partial charge on any atom is -0.484 e. The van der Waals surface area contributed by atoms with Crippen LogP contribution in [0.25, 0.3) is 10.9 Å². The molecule has 1 saturated heterocycles. The number of amides is 2. The van der Waals surface area contributed by atoms with Gasteiger partial charge < -0.3 is 15.0 Å². The number of aryl methyl sites for hydroxylation is 1. The topological polar surface area (TPSA) is 93.5 Å². The van der Waals surface area contributed by atoms with Crippen LogP contribution in [-0.2, 0) is 22.6 Å². The van der Waals surface area contributed by atoms with Crippen LogP contribution in [0.3, 0.4) is 0 Å². The smallest absolute Gasteiger partial charge is 0.261 e. The largest absolute Gasteiger partial charge is 0.484 e. The van der Waals surface area contributed by atoms with Crippen molar-refractivity contribution >= 4 is 22.7 Å². The van der Waals surface area contributed by atoms with E-state index in [2.05, 4.69) is 10.3 Å². The molecular formula is C22H28N4O4. The van der Waals surface area contributed by atoms with Crippen molar-refractivity contribution in [1.29, 1.82) is 0 Å². The fourth-order valence-electron chi connectivity index (χ4n) is 4.13. The van der Waals surface area contributed by atoms with Crippen molar-refractivity contribution in [3.8, 4) is 5.75 Å². The molecule has 8 nitrogen and oxygen atoms in total. The lowest BCUT2D eigenvalue weighted by Gasteiger charge is -2.15. The minimum absolute atomic E-state index is 0.0386. The zero-order chi connectivity index (χ0) is 20.9. The van der Waals surface area contributed by atoms with Crippen LogP contribution >= 0.6 is 0 Å². The van der Waals surface area contributed by atoms with E-state index in [9.17, 15) is 14.4 Å². The molecule has 2 amide bonds. The van der Waals surface area contributed by atoms with E-state index in [0.29, 0.717) is 42.7 Å². The fraction of sp³-hybridized carbons (Fsp3) is 0.545. The van der Waals surface area contributed by atoms with Gasteiger partial charge in [-0.25, -0.2) is 4.98 Å². The number of rotatable bonds is 7. The molecule has 0 radical (unpaired) electrons. The van der Waals surface area contributed by atoms with Crippen molar-refractivity contribution in [3.63, 3.8) is 0 Å². The Hall–Kier alpha value is -2.90. The number of hydrogen-bond donors (Lipinski definition) is 1. The van der Waals surface area contributed by atoms with Crippen molar-refractivity contribution in [3.05, 3.63) is 34.4 Å². The molecule has 2 aromatic rings. The molecule has 0 bridgehead atoms. The molecule has 8 heteroatoms. The Bertz CT molecular complexity index is 1000. The molecule has 1 fully saturated rings. The summed E-state index contributed by atoms with van der Waals surface area (Å²) in [6.07, 6.45) is 6.26. The van der Waals surface area contributed by atoms with Gasteiger partial charge in [-0.2, -0.15) is 0 Å². The van der Waals surface area contributed by atoms with Gasteiger partial charge in [0.15, 0.2) is 6.61 Å². The summed E-state index contributed by atoms with van der Waals surface area (Å²) >= 11 is 0. The third kappa shape index (κ3) is 4.63. The number of carbonyl (C=O) groups is 2. The maximum atomic E-state index is 12.9. The summed E-state index contributed by atoms with van der Waals surface area (Å²) in [7, 11) is 0. The van der Waals surface area contributed by atoms with E-state index in [1.54, 1.807) is 22.8 Å². The Morgan fingerprint density at radius 2 is 2.00 bits per heavy atom. The first-order valence-electron chi connectivity index (χ1n) is 10.8. The first-order chi connectivity index (χ1) is 14.6. The second kappa shape index (κ2) is 9.28. The van der Waals surface area contributed by atoms with Gasteiger partial charge >= 0.3 is 0 Å². The molecule has 0 spiro atoms. The van der Waals surface area contributed by atoms with Crippen LogP contribution in [0.2, 0.25) is 0 Å². The van der Waals surface area contributed by atoms with Crippen molar-refractivity contribution in [2.75, 3.05) is 26.2 Å². The van der Waals surface area contributed by atoms with Crippen LogP contribution in [0.15, 0.2) is 23.0 Å². The van der Waals surface area contributed by atoms with Gasteiger partial charge in [0.1, 0.15) is 11.6 Å². The lowest BCUT2D eigenvalue weighted by Crippen LogP contribution is -2.33. The summed E-state index contributed by atoms with van der Waals surface area (Å²) in [5.41, 5.74) is 0.629. The number of carbonyl (C=O) groups excluding carboxylic acids is 2. The van der Waals surface area contributed by atoms with Gasteiger partial charge in [-0.3, -0.25) is 19.0 Å². The molecule has 0 atom stereocenters. The summed E-state index contributed by atoms with van der Waals surface area (Å²) in [6.45, 7) is 2.57. The molecule has 0 saturated carbocycles. The molecule has 1 aromatic heterocycles. The zero-order valence-electron chi connectivity index (χ0n) is 17.2. The third-order valence-corrected chi connectivity index (χ3v) is 5.76. The fourth-order valence-corrected chi connectivity index (χ4v) is 4.13. The first kappa shape index (κ1) is 20.4. The number of fused-ring (bicyclic) bond motifs is 2. The van der Waals surface area contributed by atoms with E-state index in [1.807, 2.05) is 4.90 Å². The highest BCUT2D eigenvalue weighted by atomic mass is 16.5. The van der Waals surface area contributed by atoms with Gasteiger partial charge in [0.25, 0.3) is 11.5 Å². The summed E-state index contributed by atoms with van der Waals surface area (Å²) in [4.78, 5) is 43.0. The lowest BCUT2D eigenvalue weighted by atomic mass is 10.2. The summed E-state index contributed by atoms with van der Waals surface area (Å²) in [5, 5.41) is 3.33. The van der Waals surface area contributed by atoms with Crippen LogP contribution in [0.4, 0.5) is 0 Å². The van der Waals surface area contributed by atoms with E-state index >= 15 is 0 Å². The molecule has 0 aliphatic carbocycles. The normalized spacial score (nSPS) is 16.4. The predicted molar refractivity (Wildman–Crippen MR) is 112 cm³/mol. The highest BCUT2D eigenvalue weighted by Crippen LogP contribution is 2.19. The number of ether oxygens (including phenoxy) is 1. The van der Waals surface area contributed by atoms with Crippen LogP contribution in [0.5, 0.6) is 5.75 Å². The predicted octanol–water partition coefficient (Wildman–Crippen LogP) is 1.63. The Kier molecular flexibility index (Phi) is 6.30. The van der Waals surface area contributed by atoms with Gasteiger partial charge in [-0.05, 0) is 43.9 Å². The minimum atomic E-state index is -0.223. The maximum Gasteiger partial charge on any atom is 0.261 e. The van der Waals surface area contributed by atoms with E-state index in [-0.39, 0.29) is 24.0 Å². The van der Waals surface area contributed by atoms with E-state index in [1.165, 1.54) is 0 Å². The van der Waals surface area contributed by atoms with Crippen molar-refractivity contribution in [2.45, 2.75) is 51.5 Å². The molecule has 1 aromatic carbocycles. The van der Waals surface area contributed by atoms with Gasteiger partial charge in [-0.1, -0.05) is 6.42 Å². The number of nitrogens with zero attached hydrogens (tertiary/aromatic N) is 3. The molecule has 0 unspecified atom stereocenters. The number of benzene rings is 1. The Balaban J connectivity index is 1.31. The van der Waals surface area contributed by atoms with Crippen molar-refractivity contribution in [1.82, 2.24) is 19.8 Å². The number of likely N-dealkylation sites (tertiary alicyclic amines) is 1. The van der Waals surface area contributed by atoms with Gasteiger partial charge in [0.05, 0.1) is 10.9 Å². The average molecular weight is 412 g/mol. The molecule has 1 N–H and O–H groups in total. The molecular weight excluding hydrogens is 384 g/mol. The monoisotopic (exact) mass is 412 g/mol. The Morgan fingerprint density at radius 1 is 1.10 bits per heavy atom. The second-order valence-corrected chi connectivity index (χ2v) is 7.95. The Morgan fingerprint density at radius 3 is 2.83 bits per heavy atom. The van der Waals surface area contributed by atoms with E-state index in [0.717, 1.165) is 50.9 Å². The zero-order valence-corrected chi connectivity index (χ0v) is 17.2. The Labute approximate surface area is 175 Å². The third-order valence-electron chi connectivity index (χ3n) is 5.76. The SMILES string of the molecule is O=C(COc1ccc2nc3n(c(=O)c2c1)CCCCC3)NCCCN1CCCC1=O. The second-order valence-electron chi connectivity index (χ2n) is 7.95. The van der Waals surface area contributed by atoms with Crippen molar-refractivity contribution < 1.29 is 14.3 Å². The number of nitrogens with one attached hydrogen (secondary N) is 1. The molecule has 160 valence electrons. The number of hydrogen-bond acceptors (Lipinski definition) is 5. The van der Waals surface area contributed by atoms with Crippen LogP contribution < -0.4 is 15.6 Å². The average Bonchev–Trinajstić information content (AvgIpc) is 3.01. The first-order valence-corrected chi connectivity index (χ1v) is 10.8. The van der Waals surface area contributed by atoms with Crippen molar-refractivity contribution in [2.24, 2.45) is 0 Å². The van der Waals surface area contributed by atoms with Gasteiger partial charge in [0.2, 0.25) is 5.91 Å². The summed E-state index contributed by atoms with van der Waals surface area (Å²) in [5.74, 6) is 1.31. The molecule has 4 rings (SSSR count). The highest BCUT2D eigenvalue weighted by molar-refractivity contribution is 5.80. The van der Waals surface area contributed by atoms with Crippen LogP contribution in [0.1, 0.15) is 44.3 Å². The van der Waals surface area contributed by atoms with Gasteiger partial charge in [0, 0.05) is 39.0 Å². The van der Waals surface area contributed by atoms with Crippen LogP contribution in [0, 0.1) is 0 Å².